The average Bonchev–Trinajstić information content (AvgIpc) is 3.56. The molecule has 3 N–H and O–H groups in total. The lowest BCUT2D eigenvalue weighted by molar-refractivity contribution is -0.124. The Hall–Kier alpha value is -3.03. The lowest BCUT2D eigenvalue weighted by atomic mass is 10.1. The number of ether oxygens (including phenoxy) is 1. The molecule has 0 bridgehead atoms. The van der Waals surface area contributed by atoms with E-state index < -0.39 is 45.7 Å². The van der Waals surface area contributed by atoms with Crippen molar-refractivity contribution in [2.24, 2.45) is 5.92 Å². The number of hydrogen-bond acceptors (Lipinski definition) is 9. The molecular formula is C24H33N5O7S. The first-order valence-electron chi connectivity index (χ1n) is 12.5. The molecule has 2 aliphatic rings. The molecule has 1 aromatic carbocycles. The molecular weight excluding hydrogens is 502 g/mol. The maximum Gasteiger partial charge on any atom is 0.318 e. The van der Waals surface area contributed by atoms with Gasteiger partial charge in [0, 0.05) is 18.7 Å². The van der Waals surface area contributed by atoms with Gasteiger partial charge in [-0.25, -0.2) is 13.2 Å². The Kier molecular flexibility index (Phi) is 8.77. The van der Waals surface area contributed by atoms with Crippen LogP contribution in [0.2, 0.25) is 0 Å². The standard InChI is InChI=1S/C24H33N5O7S/c1-2-18(20(30)21-27-23(36-28-21)17-6-4-3-5-7-17)25-22(31)19(15-37(33,34)14-16-8-9-16)26-24(32)29-10-12-35-13-11-29/h3-7,16,18-20,30H,2,8-15H2,1H3,(H,25,31)(H,26,32). The van der Waals surface area contributed by atoms with Crippen molar-refractivity contribution in [1.82, 2.24) is 25.7 Å². The van der Waals surface area contributed by atoms with Gasteiger partial charge in [-0.2, -0.15) is 4.98 Å². The van der Waals surface area contributed by atoms with Crippen LogP contribution >= 0.6 is 0 Å². The lowest BCUT2D eigenvalue weighted by Crippen LogP contribution is -2.57. The van der Waals surface area contributed by atoms with Gasteiger partial charge >= 0.3 is 6.03 Å². The molecule has 3 amide bonds. The van der Waals surface area contributed by atoms with E-state index in [0.29, 0.717) is 38.3 Å². The number of carbonyl (C=O) groups excluding carboxylic acids is 2. The highest BCUT2D eigenvalue weighted by Gasteiger charge is 2.35. The van der Waals surface area contributed by atoms with Gasteiger partial charge in [-0.05, 0) is 37.3 Å². The molecule has 2 aromatic rings. The van der Waals surface area contributed by atoms with Crippen LogP contribution in [-0.4, -0.2) is 90.4 Å². The summed E-state index contributed by atoms with van der Waals surface area (Å²) in [6.45, 7) is 3.16. The topological polar surface area (TPSA) is 164 Å². The number of aliphatic hydroxyl groups is 1. The Morgan fingerprint density at radius 3 is 2.51 bits per heavy atom. The minimum absolute atomic E-state index is 0.0127. The number of aliphatic hydroxyl groups excluding tert-OH is 1. The predicted molar refractivity (Wildman–Crippen MR) is 133 cm³/mol. The number of rotatable bonds is 11. The number of morpholine rings is 1. The molecule has 1 aromatic heterocycles. The SMILES string of the molecule is CCC(NC(=O)C(CS(=O)(=O)CC1CC1)NC(=O)N1CCOCC1)C(O)c1noc(-c2ccccc2)n1. The van der Waals surface area contributed by atoms with E-state index >= 15 is 0 Å². The summed E-state index contributed by atoms with van der Waals surface area (Å²) in [6, 6.07) is 6.33. The maximum atomic E-state index is 13.3. The van der Waals surface area contributed by atoms with Gasteiger partial charge in [-0.15, -0.1) is 0 Å². The molecule has 3 atom stereocenters. The Morgan fingerprint density at radius 1 is 1.16 bits per heavy atom. The zero-order chi connectivity index (χ0) is 26.4. The number of nitrogens with zero attached hydrogens (tertiary/aromatic N) is 3. The smallest absolute Gasteiger partial charge is 0.318 e. The molecule has 12 nitrogen and oxygen atoms in total. The van der Waals surface area contributed by atoms with Gasteiger partial charge in [0.05, 0.1) is 30.8 Å². The van der Waals surface area contributed by atoms with E-state index in [1.54, 1.807) is 19.1 Å². The van der Waals surface area contributed by atoms with Gasteiger partial charge in [-0.1, -0.05) is 30.3 Å². The molecule has 4 rings (SSSR count). The third kappa shape index (κ3) is 7.49. The number of nitrogens with one attached hydrogen (secondary N) is 2. The summed E-state index contributed by atoms with van der Waals surface area (Å²) in [5.74, 6) is -0.948. The van der Waals surface area contributed by atoms with E-state index in [9.17, 15) is 23.1 Å². The Morgan fingerprint density at radius 2 is 1.86 bits per heavy atom. The summed E-state index contributed by atoms with van der Waals surface area (Å²) < 4.78 is 36.0. The number of carbonyl (C=O) groups is 2. The number of aromatic nitrogens is 2. The van der Waals surface area contributed by atoms with Crippen molar-refractivity contribution in [1.29, 1.82) is 0 Å². The Bertz CT molecular complexity index is 1160. The Balaban J connectivity index is 1.45. The van der Waals surface area contributed by atoms with E-state index in [1.165, 1.54) is 4.90 Å². The molecule has 2 heterocycles. The van der Waals surface area contributed by atoms with Crippen LogP contribution < -0.4 is 10.6 Å². The fourth-order valence-corrected chi connectivity index (χ4v) is 6.01. The van der Waals surface area contributed by atoms with Gasteiger partial charge in [0.2, 0.25) is 11.7 Å². The first kappa shape index (κ1) is 27.0. The summed E-state index contributed by atoms with van der Waals surface area (Å²) in [5.41, 5.74) is 0.678. The van der Waals surface area contributed by atoms with Gasteiger partial charge in [0.15, 0.2) is 9.84 Å². The van der Waals surface area contributed by atoms with Crippen LogP contribution in [0.25, 0.3) is 11.5 Å². The van der Waals surface area contributed by atoms with Crippen LogP contribution in [-0.2, 0) is 19.4 Å². The number of amides is 3. The monoisotopic (exact) mass is 535 g/mol. The average molecular weight is 536 g/mol. The highest BCUT2D eigenvalue weighted by Crippen LogP contribution is 2.30. The number of urea groups is 1. The summed E-state index contributed by atoms with van der Waals surface area (Å²) in [7, 11) is -3.60. The molecule has 2 fully saturated rings. The van der Waals surface area contributed by atoms with Crippen LogP contribution in [0.3, 0.4) is 0 Å². The molecule has 37 heavy (non-hydrogen) atoms. The van der Waals surface area contributed by atoms with Crippen molar-refractivity contribution >= 4 is 21.8 Å². The van der Waals surface area contributed by atoms with Crippen molar-refractivity contribution in [2.45, 2.75) is 44.4 Å². The predicted octanol–water partition coefficient (Wildman–Crippen LogP) is 0.900. The van der Waals surface area contributed by atoms with Gasteiger partial charge < -0.3 is 29.9 Å². The van der Waals surface area contributed by atoms with Crippen molar-refractivity contribution in [3.8, 4) is 11.5 Å². The van der Waals surface area contributed by atoms with Crippen molar-refractivity contribution < 1.29 is 32.4 Å². The normalized spacial score (nSPS) is 18.6. The molecule has 1 saturated carbocycles. The van der Waals surface area contributed by atoms with Gasteiger partial charge in [0.1, 0.15) is 12.1 Å². The van der Waals surface area contributed by atoms with Crippen molar-refractivity contribution in [3.05, 3.63) is 36.2 Å². The summed E-state index contributed by atoms with van der Waals surface area (Å²) in [5, 5.41) is 20.0. The summed E-state index contributed by atoms with van der Waals surface area (Å²) >= 11 is 0. The molecule has 13 heteroatoms. The fourth-order valence-electron chi connectivity index (χ4n) is 4.08. The van der Waals surface area contributed by atoms with Crippen molar-refractivity contribution in [3.63, 3.8) is 0 Å². The minimum atomic E-state index is -3.60. The van der Waals surface area contributed by atoms with Crippen LogP contribution in [0.15, 0.2) is 34.9 Å². The number of hydrogen-bond donors (Lipinski definition) is 3. The van der Waals surface area contributed by atoms with Gasteiger partial charge in [0.25, 0.3) is 5.89 Å². The molecule has 0 spiro atoms. The molecule has 1 aliphatic heterocycles. The van der Waals surface area contributed by atoms with E-state index in [4.69, 9.17) is 9.26 Å². The second-order valence-corrected chi connectivity index (χ2v) is 11.6. The highest BCUT2D eigenvalue weighted by molar-refractivity contribution is 7.91. The lowest BCUT2D eigenvalue weighted by Gasteiger charge is -2.30. The zero-order valence-corrected chi connectivity index (χ0v) is 21.5. The molecule has 202 valence electrons. The fraction of sp³-hybridized carbons (Fsp3) is 0.583. The first-order chi connectivity index (χ1) is 17.8. The van der Waals surface area contributed by atoms with Crippen LogP contribution in [0.1, 0.15) is 38.1 Å². The van der Waals surface area contributed by atoms with Crippen molar-refractivity contribution in [2.75, 3.05) is 37.8 Å². The second kappa shape index (κ2) is 12.0. The zero-order valence-electron chi connectivity index (χ0n) is 20.7. The number of sulfone groups is 1. The molecule has 1 saturated heterocycles. The third-order valence-electron chi connectivity index (χ3n) is 6.40. The van der Waals surface area contributed by atoms with E-state index in [0.717, 1.165) is 12.8 Å². The largest absolute Gasteiger partial charge is 0.383 e. The van der Waals surface area contributed by atoms with Gasteiger partial charge in [-0.3, -0.25) is 4.79 Å². The van der Waals surface area contributed by atoms with E-state index in [-0.39, 0.29) is 23.4 Å². The third-order valence-corrected chi connectivity index (χ3v) is 8.22. The van der Waals surface area contributed by atoms with E-state index in [2.05, 4.69) is 20.8 Å². The maximum absolute atomic E-state index is 13.3. The van der Waals surface area contributed by atoms with Crippen LogP contribution in [0, 0.1) is 5.92 Å². The first-order valence-corrected chi connectivity index (χ1v) is 14.3. The quantitative estimate of drug-likeness (QED) is 0.379. The van der Waals surface area contributed by atoms with Crippen LogP contribution in [0.4, 0.5) is 4.79 Å². The second-order valence-electron chi connectivity index (χ2n) is 9.41. The molecule has 0 radical (unpaired) electrons. The highest BCUT2D eigenvalue weighted by atomic mass is 32.2. The summed E-state index contributed by atoms with van der Waals surface area (Å²) in [6.07, 6.45) is 0.668. The number of benzene rings is 1. The summed E-state index contributed by atoms with van der Waals surface area (Å²) in [4.78, 5) is 31.8. The van der Waals surface area contributed by atoms with Crippen LogP contribution in [0.5, 0.6) is 0 Å². The van der Waals surface area contributed by atoms with E-state index in [1.807, 2.05) is 18.2 Å². The molecule has 3 unspecified atom stereocenters. The molecule has 1 aliphatic carbocycles. The Labute approximate surface area is 215 Å². The minimum Gasteiger partial charge on any atom is -0.383 e.